The Morgan fingerprint density at radius 2 is 2.50 bits per heavy atom. The molecule has 0 aromatic heterocycles. The van der Waals surface area contributed by atoms with Crippen LogP contribution in [0.2, 0.25) is 0 Å². The molecule has 0 aromatic rings. The van der Waals surface area contributed by atoms with Gasteiger partial charge in [-0.05, 0) is 6.42 Å². The van der Waals surface area contributed by atoms with Gasteiger partial charge in [-0.3, -0.25) is 4.79 Å². The summed E-state index contributed by atoms with van der Waals surface area (Å²) in [4.78, 5) is 10.2. The number of hydrogen-bond acceptors (Lipinski definition) is 2. The monoisotopic (exact) mass is 135 g/mol. The molecule has 0 aliphatic heterocycles. The second kappa shape index (κ2) is 4.91. The molecule has 0 bridgehead atoms. The molecular formula is C5H8ClO2. The zero-order valence-electron chi connectivity index (χ0n) is 4.69. The van der Waals surface area contributed by atoms with Crippen LogP contribution >= 0.6 is 11.6 Å². The minimum Gasteiger partial charge on any atom is -0.458 e. The summed E-state index contributed by atoms with van der Waals surface area (Å²) >= 11 is 5.09. The molecule has 0 heterocycles. The standard InChI is InChI=1S/C5H8ClO2/c1-2-3-8-5(7)4-6/h3H,2,4H2,1H3. The number of ether oxygens (including phenoxy) is 1. The highest BCUT2D eigenvalue weighted by Crippen LogP contribution is 1.89. The average molecular weight is 136 g/mol. The lowest BCUT2D eigenvalue weighted by Crippen LogP contribution is -2.02. The van der Waals surface area contributed by atoms with E-state index < -0.39 is 5.97 Å². The van der Waals surface area contributed by atoms with Crippen molar-refractivity contribution in [3.63, 3.8) is 0 Å². The largest absolute Gasteiger partial charge is 0.458 e. The normalized spacial score (nSPS) is 8.75. The van der Waals surface area contributed by atoms with E-state index in [1.165, 1.54) is 6.61 Å². The van der Waals surface area contributed by atoms with Crippen LogP contribution in [-0.4, -0.2) is 11.8 Å². The highest BCUT2D eigenvalue weighted by molar-refractivity contribution is 6.26. The van der Waals surface area contributed by atoms with Crippen molar-refractivity contribution >= 4 is 17.6 Å². The van der Waals surface area contributed by atoms with E-state index in [0.29, 0.717) is 0 Å². The van der Waals surface area contributed by atoms with Gasteiger partial charge < -0.3 is 4.74 Å². The van der Waals surface area contributed by atoms with Gasteiger partial charge in [0.05, 0.1) is 0 Å². The molecule has 3 heteroatoms. The molecule has 0 fully saturated rings. The predicted octanol–water partition coefficient (Wildman–Crippen LogP) is 1.34. The Morgan fingerprint density at radius 3 is 2.88 bits per heavy atom. The van der Waals surface area contributed by atoms with Crippen molar-refractivity contribution in [3.05, 3.63) is 6.61 Å². The highest BCUT2D eigenvalue weighted by atomic mass is 35.5. The molecule has 0 N–H and O–H groups in total. The zero-order valence-corrected chi connectivity index (χ0v) is 5.44. The van der Waals surface area contributed by atoms with Crippen molar-refractivity contribution in [3.8, 4) is 0 Å². The molecular weight excluding hydrogens is 128 g/mol. The highest BCUT2D eigenvalue weighted by Gasteiger charge is 1.95. The third kappa shape index (κ3) is 3.93. The minimum absolute atomic E-state index is 0.0729. The SMILES string of the molecule is CC[CH]OC(=O)CCl. The van der Waals surface area contributed by atoms with Gasteiger partial charge in [0.2, 0.25) is 0 Å². The van der Waals surface area contributed by atoms with E-state index in [2.05, 4.69) is 4.74 Å². The van der Waals surface area contributed by atoms with Crippen LogP contribution < -0.4 is 0 Å². The Bertz CT molecular complexity index is 72.8. The van der Waals surface area contributed by atoms with Gasteiger partial charge in [-0.2, -0.15) is 0 Å². The molecule has 0 atom stereocenters. The first-order valence-electron chi connectivity index (χ1n) is 2.38. The summed E-state index contributed by atoms with van der Waals surface area (Å²) < 4.78 is 4.44. The van der Waals surface area contributed by atoms with Gasteiger partial charge in [-0.1, -0.05) is 6.92 Å². The van der Waals surface area contributed by atoms with Crippen LogP contribution in [-0.2, 0) is 9.53 Å². The van der Waals surface area contributed by atoms with Gasteiger partial charge in [0.25, 0.3) is 0 Å². The third-order valence-corrected chi connectivity index (χ3v) is 0.709. The van der Waals surface area contributed by atoms with Crippen molar-refractivity contribution in [2.45, 2.75) is 13.3 Å². The number of carbonyl (C=O) groups is 1. The number of alkyl halides is 1. The van der Waals surface area contributed by atoms with Gasteiger partial charge in [-0.25, -0.2) is 0 Å². The smallest absolute Gasteiger partial charge is 0.321 e. The van der Waals surface area contributed by atoms with Gasteiger partial charge in [0, 0.05) is 0 Å². The molecule has 0 aliphatic carbocycles. The van der Waals surface area contributed by atoms with Gasteiger partial charge in [-0.15, -0.1) is 11.6 Å². The molecule has 0 saturated carbocycles. The molecule has 0 aliphatic rings. The fourth-order valence-corrected chi connectivity index (χ4v) is 0.271. The fourth-order valence-electron chi connectivity index (χ4n) is 0.208. The maximum absolute atomic E-state index is 10.2. The van der Waals surface area contributed by atoms with Crippen molar-refractivity contribution in [1.29, 1.82) is 0 Å². The second-order valence-corrected chi connectivity index (χ2v) is 1.47. The van der Waals surface area contributed by atoms with Crippen LogP contribution in [0.25, 0.3) is 0 Å². The lowest BCUT2D eigenvalue weighted by molar-refractivity contribution is -0.137. The van der Waals surface area contributed by atoms with E-state index in [1.807, 2.05) is 6.92 Å². The quantitative estimate of drug-likeness (QED) is 0.431. The van der Waals surface area contributed by atoms with Crippen LogP contribution in [0.3, 0.4) is 0 Å². The van der Waals surface area contributed by atoms with Crippen molar-refractivity contribution in [1.82, 2.24) is 0 Å². The molecule has 0 amide bonds. The van der Waals surface area contributed by atoms with Crippen molar-refractivity contribution in [2.24, 2.45) is 0 Å². The summed E-state index contributed by atoms with van der Waals surface area (Å²) in [6.07, 6.45) is 0.725. The molecule has 8 heavy (non-hydrogen) atoms. The van der Waals surface area contributed by atoms with Crippen LogP contribution in [0.1, 0.15) is 13.3 Å². The lowest BCUT2D eigenvalue weighted by Gasteiger charge is -1.95. The molecule has 0 spiro atoms. The maximum Gasteiger partial charge on any atom is 0.321 e. The Morgan fingerprint density at radius 1 is 1.88 bits per heavy atom. The Hall–Kier alpha value is -0.240. The summed E-state index contributed by atoms with van der Waals surface area (Å²) in [6, 6.07) is 0. The maximum atomic E-state index is 10.2. The molecule has 2 nitrogen and oxygen atoms in total. The first-order valence-corrected chi connectivity index (χ1v) is 2.91. The van der Waals surface area contributed by atoms with Gasteiger partial charge in [0.15, 0.2) is 0 Å². The molecule has 47 valence electrons. The van der Waals surface area contributed by atoms with E-state index in [-0.39, 0.29) is 5.88 Å². The minimum atomic E-state index is -0.395. The first-order chi connectivity index (χ1) is 3.81. The van der Waals surface area contributed by atoms with E-state index in [9.17, 15) is 4.79 Å². The van der Waals surface area contributed by atoms with E-state index in [1.54, 1.807) is 0 Å². The topological polar surface area (TPSA) is 26.3 Å². The third-order valence-electron chi connectivity index (χ3n) is 0.491. The average Bonchev–Trinajstić information content (AvgIpc) is 1.83. The number of hydrogen-bond donors (Lipinski definition) is 0. The Labute approximate surface area is 53.8 Å². The first kappa shape index (κ1) is 7.76. The molecule has 0 aromatic carbocycles. The fraction of sp³-hybridized carbons (Fsp3) is 0.600. The molecule has 0 rings (SSSR count). The van der Waals surface area contributed by atoms with Gasteiger partial charge in [0.1, 0.15) is 12.5 Å². The van der Waals surface area contributed by atoms with E-state index in [0.717, 1.165) is 6.42 Å². The number of esters is 1. The predicted molar refractivity (Wildman–Crippen MR) is 31.4 cm³/mol. The number of carbonyl (C=O) groups excluding carboxylic acids is 1. The number of halogens is 1. The summed E-state index contributed by atoms with van der Waals surface area (Å²) in [5.74, 6) is -0.468. The summed E-state index contributed by atoms with van der Waals surface area (Å²) in [6.45, 7) is 3.30. The Balaban J connectivity index is 2.99. The zero-order chi connectivity index (χ0) is 6.41. The van der Waals surface area contributed by atoms with Crippen molar-refractivity contribution < 1.29 is 9.53 Å². The van der Waals surface area contributed by atoms with Crippen LogP contribution in [0.4, 0.5) is 0 Å². The van der Waals surface area contributed by atoms with E-state index in [4.69, 9.17) is 11.6 Å². The summed E-state index contributed by atoms with van der Waals surface area (Å²) in [7, 11) is 0. The molecule has 0 unspecified atom stereocenters. The lowest BCUT2D eigenvalue weighted by atomic mass is 10.5. The second-order valence-electron chi connectivity index (χ2n) is 1.20. The Kier molecular flexibility index (Phi) is 4.76. The molecule has 0 saturated heterocycles. The van der Waals surface area contributed by atoms with Crippen LogP contribution in [0, 0.1) is 6.61 Å². The molecule has 1 radical (unpaired) electrons. The van der Waals surface area contributed by atoms with Crippen molar-refractivity contribution in [2.75, 3.05) is 5.88 Å². The summed E-state index contributed by atoms with van der Waals surface area (Å²) in [5.41, 5.74) is 0. The van der Waals surface area contributed by atoms with Crippen LogP contribution in [0.15, 0.2) is 0 Å². The van der Waals surface area contributed by atoms with Gasteiger partial charge >= 0.3 is 5.97 Å². The summed E-state index contributed by atoms with van der Waals surface area (Å²) in [5, 5.41) is 0. The number of rotatable bonds is 3. The van der Waals surface area contributed by atoms with Crippen LogP contribution in [0.5, 0.6) is 0 Å². The van der Waals surface area contributed by atoms with E-state index >= 15 is 0 Å².